The highest BCUT2D eigenvalue weighted by Crippen LogP contribution is 2.33. The number of halogens is 7. The first-order valence-electron chi connectivity index (χ1n) is 8.41. The zero-order chi connectivity index (χ0) is 20.5. The number of hydrogen-bond donors (Lipinski definition) is 1. The molecule has 1 saturated heterocycles. The first-order valence-corrected chi connectivity index (χ1v) is 8.41. The molecule has 1 aromatic heterocycles. The van der Waals surface area contributed by atoms with Crippen LogP contribution in [-0.4, -0.2) is 24.1 Å². The Bertz CT molecular complexity index is 815. The molecular weight excluding hydrogens is 391 g/mol. The molecule has 1 fully saturated rings. The molecule has 1 atom stereocenters. The molecule has 3 nitrogen and oxygen atoms in total. The minimum atomic E-state index is -4.66. The molecule has 0 aliphatic carbocycles. The minimum Gasteiger partial charge on any atom is -0.355 e. The molecule has 0 spiro atoms. The lowest BCUT2D eigenvalue weighted by Crippen LogP contribution is -2.33. The van der Waals surface area contributed by atoms with Gasteiger partial charge < -0.3 is 10.2 Å². The lowest BCUT2D eigenvalue weighted by atomic mass is 10.1. The summed E-state index contributed by atoms with van der Waals surface area (Å²) in [7, 11) is 0. The predicted molar refractivity (Wildman–Crippen MR) is 88.1 cm³/mol. The van der Waals surface area contributed by atoms with Gasteiger partial charge in [-0.05, 0) is 36.2 Å². The molecule has 28 heavy (non-hydrogen) atoms. The molecule has 2 heterocycles. The van der Waals surface area contributed by atoms with Gasteiger partial charge in [0.05, 0.1) is 11.1 Å². The largest absolute Gasteiger partial charge is 0.417 e. The third-order valence-corrected chi connectivity index (χ3v) is 4.55. The van der Waals surface area contributed by atoms with Crippen molar-refractivity contribution in [2.24, 2.45) is 0 Å². The Morgan fingerprint density at radius 3 is 2.39 bits per heavy atom. The SMILES string of the molecule is Fc1ccc(CN[C@H]2CCN(c3ccc(C(F)(F)F)cn3)C2)c(C(F)(F)F)c1. The van der Waals surface area contributed by atoms with Crippen LogP contribution in [0.3, 0.4) is 0 Å². The Hall–Kier alpha value is -2.36. The molecule has 0 bridgehead atoms. The van der Waals surface area contributed by atoms with Gasteiger partial charge in [-0.15, -0.1) is 0 Å². The third kappa shape index (κ3) is 4.73. The second kappa shape index (κ2) is 7.57. The van der Waals surface area contributed by atoms with Crippen LogP contribution in [0.25, 0.3) is 0 Å². The zero-order valence-corrected chi connectivity index (χ0v) is 14.4. The van der Waals surface area contributed by atoms with Gasteiger partial charge in [-0.2, -0.15) is 26.3 Å². The molecule has 10 heteroatoms. The van der Waals surface area contributed by atoms with Crippen molar-refractivity contribution in [2.45, 2.75) is 31.4 Å². The fourth-order valence-electron chi connectivity index (χ4n) is 3.10. The second-order valence-corrected chi connectivity index (χ2v) is 6.51. The van der Waals surface area contributed by atoms with Crippen LogP contribution in [0.15, 0.2) is 36.5 Å². The average Bonchev–Trinajstić information content (AvgIpc) is 3.08. The first kappa shape index (κ1) is 20.4. The number of anilines is 1. The molecule has 152 valence electrons. The summed E-state index contributed by atoms with van der Waals surface area (Å²) in [5, 5.41) is 2.99. The highest BCUT2D eigenvalue weighted by Gasteiger charge is 2.34. The van der Waals surface area contributed by atoms with E-state index < -0.39 is 29.3 Å². The van der Waals surface area contributed by atoms with Crippen molar-refractivity contribution >= 4 is 5.82 Å². The molecule has 1 aromatic carbocycles. The van der Waals surface area contributed by atoms with Crippen molar-refractivity contribution in [3.63, 3.8) is 0 Å². The first-order chi connectivity index (χ1) is 13.0. The molecule has 1 N–H and O–H groups in total. The molecule has 2 aromatic rings. The topological polar surface area (TPSA) is 28.2 Å². The zero-order valence-electron chi connectivity index (χ0n) is 14.4. The molecule has 1 aliphatic heterocycles. The predicted octanol–water partition coefficient (Wildman–Crippen LogP) is 4.63. The van der Waals surface area contributed by atoms with E-state index >= 15 is 0 Å². The lowest BCUT2D eigenvalue weighted by Gasteiger charge is -2.19. The summed E-state index contributed by atoms with van der Waals surface area (Å²) in [5.74, 6) is -0.591. The van der Waals surface area contributed by atoms with Crippen molar-refractivity contribution in [3.8, 4) is 0 Å². The fourth-order valence-corrected chi connectivity index (χ4v) is 3.10. The van der Waals surface area contributed by atoms with Gasteiger partial charge in [0.25, 0.3) is 0 Å². The normalized spacial score (nSPS) is 18.0. The molecule has 0 saturated carbocycles. The van der Waals surface area contributed by atoms with E-state index in [0.29, 0.717) is 31.4 Å². The number of aromatic nitrogens is 1. The number of hydrogen-bond acceptors (Lipinski definition) is 3. The molecule has 0 unspecified atom stereocenters. The summed E-state index contributed by atoms with van der Waals surface area (Å²) in [4.78, 5) is 5.58. The van der Waals surface area contributed by atoms with E-state index in [9.17, 15) is 30.7 Å². The summed E-state index contributed by atoms with van der Waals surface area (Å²) in [6.45, 7) is 0.792. The van der Waals surface area contributed by atoms with Crippen molar-refractivity contribution < 1.29 is 30.7 Å². The second-order valence-electron chi connectivity index (χ2n) is 6.51. The van der Waals surface area contributed by atoms with Gasteiger partial charge in [0, 0.05) is 31.9 Å². The highest BCUT2D eigenvalue weighted by molar-refractivity contribution is 5.41. The maximum absolute atomic E-state index is 13.2. The van der Waals surface area contributed by atoms with Crippen LogP contribution in [-0.2, 0) is 18.9 Å². The van der Waals surface area contributed by atoms with Crippen LogP contribution in [0.4, 0.5) is 36.6 Å². The quantitative estimate of drug-likeness (QED) is 0.750. The Labute approximate surface area is 156 Å². The van der Waals surface area contributed by atoms with Crippen molar-refractivity contribution in [2.75, 3.05) is 18.0 Å². The van der Waals surface area contributed by atoms with E-state index in [-0.39, 0.29) is 18.2 Å². The molecule has 0 radical (unpaired) electrons. The van der Waals surface area contributed by atoms with Crippen molar-refractivity contribution in [1.82, 2.24) is 10.3 Å². The molecule has 1 aliphatic rings. The maximum Gasteiger partial charge on any atom is 0.417 e. The maximum atomic E-state index is 13.2. The summed E-state index contributed by atoms with van der Waals surface area (Å²) in [5.41, 5.74) is -1.94. The van der Waals surface area contributed by atoms with Gasteiger partial charge in [-0.25, -0.2) is 9.37 Å². The van der Waals surface area contributed by atoms with Crippen LogP contribution in [0.2, 0.25) is 0 Å². The number of pyridine rings is 1. The van der Waals surface area contributed by atoms with Gasteiger partial charge >= 0.3 is 12.4 Å². The van der Waals surface area contributed by atoms with Crippen LogP contribution < -0.4 is 10.2 Å². The Morgan fingerprint density at radius 1 is 1.04 bits per heavy atom. The van der Waals surface area contributed by atoms with Crippen LogP contribution in [0.1, 0.15) is 23.1 Å². The Balaban J connectivity index is 1.62. The van der Waals surface area contributed by atoms with Crippen molar-refractivity contribution in [3.05, 3.63) is 59.0 Å². The van der Waals surface area contributed by atoms with Crippen LogP contribution >= 0.6 is 0 Å². The van der Waals surface area contributed by atoms with E-state index in [1.807, 2.05) is 0 Å². The standard InChI is InChI=1S/C18H16F7N3/c19-13-3-1-11(15(7-13)18(23,24)25)8-26-14-5-6-28(10-14)16-4-2-12(9-27-16)17(20,21)22/h1-4,7,9,14,26H,5-6,8,10H2/t14-/m0/s1. The number of alkyl halides is 6. The van der Waals surface area contributed by atoms with E-state index in [1.54, 1.807) is 4.90 Å². The van der Waals surface area contributed by atoms with Crippen molar-refractivity contribution in [1.29, 1.82) is 0 Å². The number of rotatable bonds is 4. The highest BCUT2D eigenvalue weighted by atomic mass is 19.4. The third-order valence-electron chi connectivity index (χ3n) is 4.55. The van der Waals surface area contributed by atoms with Gasteiger partial charge in [0.2, 0.25) is 0 Å². The van der Waals surface area contributed by atoms with E-state index in [1.165, 1.54) is 6.07 Å². The van der Waals surface area contributed by atoms with Crippen LogP contribution in [0.5, 0.6) is 0 Å². The van der Waals surface area contributed by atoms with E-state index in [2.05, 4.69) is 10.3 Å². The minimum absolute atomic E-state index is 0.0694. The van der Waals surface area contributed by atoms with Crippen LogP contribution in [0, 0.1) is 5.82 Å². The number of nitrogens with zero attached hydrogens (tertiary/aromatic N) is 2. The molecular formula is C18H16F7N3. The van der Waals surface area contributed by atoms with Gasteiger partial charge in [0.15, 0.2) is 0 Å². The summed E-state index contributed by atoms with van der Waals surface area (Å²) < 4.78 is 90.1. The van der Waals surface area contributed by atoms with E-state index in [0.717, 1.165) is 24.4 Å². The Kier molecular flexibility index (Phi) is 5.51. The lowest BCUT2D eigenvalue weighted by molar-refractivity contribution is -0.139. The monoisotopic (exact) mass is 407 g/mol. The summed E-state index contributed by atoms with van der Waals surface area (Å²) in [6.07, 6.45) is -7.79. The molecule has 3 rings (SSSR count). The number of nitrogens with one attached hydrogen (secondary N) is 1. The smallest absolute Gasteiger partial charge is 0.355 e. The van der Waals surface area contributed by atoms with E-state index in [4.69, 9.17) is 0 Å². The summed E-state index contributed by atoms with van der Waals surface area (Å²) in [6, 6.07) is 4.57. The summed E-state index contributed by atoms with van der Waals surface area (Å²) >= 11 is 0. The van der Waals surface area contributed by atoms with Gasteiger partial charge in [-0.3, -0.25) is 0 Å². The Morgan fingerprint density at radius 2 is 1.79 bits per heavy atom. The van der Waals surface area contributed by atoms with Gasteiger partial charge in [0.1, 0.15) is 11.6 Å². The molecule has 0 amide bonds. The van der Waals surface area contributed by atoms with Gasteiger partial charge in [-0.1, -0.05) is 6.07 Å². The average molecular weight is 407 g/mol. The number of benzene rings is 1. The fraction of sp³-hybridized carbons (Fsp3) is 0.389.